The van der Waals surface area contributed by atoms with Crippen LogP contribution in [-0.2, 0) is 9.59 Å². The predicted octanol–water partition coefficient (Wildman–Crippen LogP) is 2.30. The van der Waals surface area contributed by atoms with Gasteiger partial charge < -0.3 is 15.2 Å². The minimum Gasteiger partial charge on any atom is -0.483 e. The van der Waals surface area contributed by atoms with E-state index in [1.54, 1.807) is 0 Å². The molecule has 0 saturated heterocycles. The van der Waals surface area contributed by atoms with Crippen LogP contribution in [0.2, 0.25) is 0 Å². The van der Waals surface area contributed by atoms with E-state index >= 15 is 0 Å². The van der Waals surface area contributed by atoms with Gasteiger partial charge in [-0.2, -0.15) is 0 Å². The maximum absolute atomic E-state index is 11.7. The molecule has 1 aromatic carbocycles. The Morgan fingerprint density at radius 2 is 2.05 bits per heavy atom. The van der Waals surface area contributed by atoms with Crippen LogP contribution in [0, 0.1) is 19.8 Å². The molecule has 5 heteroatoms. The first-order valence-corrected chi connectivity index (χ1v) is 7.07. The second-order valence-electron chi connectivity index (χ2n) is 5.33. The lowest BCUT2D eigenvalue weighted by Crippen LogP contribution is -2.32. The second kappa shape index (κ2) is 8.29. The van der Waals surface area contributed by atoms with E-state index in [4.69, 9.17) is 9.84 Å². The Morgan fingerprint density at radius 3 is 2.71 bits per heavy atom. The molecular formula is C16H23NO4. The molecule has 0 aliphatic rings. The Bertz CT molecular complexity index is 499. The number of rotatable bonds is 8. The van der Waals surface area contributed by atoms with Gasteiger partial charge in [0, 0.05) is 13.0 Å². The van der Waals surface area contributed by atoms with Gasteiger partial charge in [0.15, 0.2) is 6.61 Å². The van der Waals surface area contributed by atoms with Crippen LogP contribution in [0.25, 0.3) is 0 Å². The number of carboxylic acid groups (broad SMARTS) is 1. The zero-order chi connectivity index (χ0) is 15.8. The number of hydrogen-bond acceptors (Lipinski definition) is 3. The highest BCUT2D eigenvalue weighted by molar-refractivity contribution is 5.77. The topological polar surface area (TPSA) is 75.6 Å². The lowest BCUT2D eigenvalue weighted by atomic mass is 10.1. The molecule has 0 aliphatic carbocycles. The number of carboxylic acids is 1. The van der Waals surface area contributed by atoms with Crippen LogP contribution in [0.5, 0.6) is 5.75 Å². The molecule has 1 aromatic rings. The Balaban J connectivity index is 2.31. The van der Waals surface area contributed by atoms with Gasteiger partial charge in [-0.15, -0.1) is 0 Å². The van der Waals surface area contributed by atoms with Gasteiger partial charge >= 0.3 is 5.97 Å². The molecule has 21 heavy (non-hydrogen) atoms. The molecule has 0 fully saturated rings. The summed E-state index contributed by atoms with van der Waals surface area (Å²) in [5.74, 6) is -0.167. The maximum Gasteiger partial charge on any atom is 0.303 e. The molecule has 0 radical (unpaired) electrons. The molecule has 116 valence electrons. The van der Waals surface area contributed by atoms with E-state index in [9.17, 15) is 9.59 Å². The van der Waals surface area contributed by atoms with E-state index in [0.717, 1.165) is 11.1 Å². The lowest BCUT2D eigenvalue weighted by molar-refractivity contribution is -0.137. The number of aryl methyl sites for hydroxylation is 1. The van der Waals surface area contributed by atoms with Crippen LogP contribution in [0.4, 0.5) is 0 Å². The Hall–Kier alpha value is -2.04. The smallest absolute Gasteiger partial charge is 0.303 e. The monoisotopic (exact) mass is 293 g/mol. The minimum atomic E-state index is -0.813. The Morgan fingerprint density at radius 1 is 1.33 bits per heavy atom. The van der Waals surface area contributed by atoms with Gasteiger partial charge in [0.05, 0.1) is 0 Å². The van der Waals surface area contributed by atoms with Crippen LogP contribution in [0.3, 0.4) is 0 Å². The fourth-order valence-corrected chi connectivity index (χ4v) is 1.83. The van der Waals surface area contributed by atoms with Gasteiger partial charge in [-0.05, 0) is 43.4 Å². The van der Waals surface area contributed by atoms with Gasteiger partial charge in [0.1, 0.15) is 5.75 Å². The van der Waals surface area contributed by atoms with Gasteiger partial charge in [-0.25, -0.2) is 0 Å². The summed E-state index contributed by atoms with van der Waals surface area (Å²) >= 11 is 0. The number of aliphatic carboxylic acids is 1. The van der Waals surface area contributed by atoms with Crippen molar-refractivity contribution >= 4 is 11.9 Å². The number of benzene rings is 1. The molecule has 1 amide bonds. The summed E-state index contributed by atoms with van der Waals surface area (Å²) < 4.78 is 5.50. The third-order valence-electron chi connectivity index (χ3n) is 3.41. The highest BCUT2D eigenvalue weighted by Crippen LogP contribution is 2.20. The number of nitrogens with one attached hydrogen (secondary N) is 1. The van der Waals surface area contributed by atoms with E-state index < -0.39 is 5.97 Å². The first kappa shape index (κ1) is 17.0. The SMILES string of the molecule is Cc1cccc(OCC(=O)NCC(C)CCC(=O)O)c1C. The van der Waals surface area contributed by atoms with Crippen molar-refractivity contribution in [3.8, 4) is 5.75 Å². The van der Waals surface area contributed by atoms with E-state index in [2.05, 4.69) is 5.32 Å². The van der Waals surface area contributed by atoms with E-state index in [-0.39, 0.29) is 24.9 Å². The first-order chi connectivity index (χ1) is 9.90. The summed E-state index contributed by atoms with van der Waals surface area (Å²) in [6.45, 7) is 6.29. The highest BCUT2D eigenvalue weighted by atomic mass is 16.5. The zero-order valence-corrected chi connectivity index (χ0v) is 12.8. The fourth-order valence-electron chi connectivity index (χ4n) is 1.83. The molecule has 0 heterocycles. The van der Waals surface area contributed by atoms with Gasteiger partial charge in [-0.3, -0.25) is 9.59 Å². The first-order valence-electron chi connectivity index (χ1n) is 7.07. The predicted molar refractivity (Wildman–Crippen MR) is 80.5 cm³/mol. The molecule has 5 nitrogen and oxygen atoms in total. The van der Waals surface area contributed by atoms with Crippen molar-refractivity contribution in [2.75, 3.05) is 13.2 Å². The number of hydrogen-bond donors (Lipinski definition) is 2. The van der Waals surface area contributed by atoms with E-state index in [1.165, 1.54) is 0 Å². The van der Waals surface area contributed by atoms with Crippen molar-refractivity contribution in [1.82, 2.24) is 5.32 Å². The molecular weight excluding hydrogens is 270 g/mol. The Kier molecular flexibility index (Phi) is 6.72. The molecule has 2 N–H and O–H groups in total. The third-order valence-corrected chi connectivity index (χ3v) is 3.41. The highest BCUT2D eigenvalue weighted by Gasteiger charge is 2.09. The molecule has 0 spiro atoms. The van der Waals surface area contributed by atoms with Crippen molar-refractivity contribution in [2.24, 2.45) is 5.92 Å². The molecule has 0 saturated carbocycles. The number of carbonyl (C=O) groups is 2. The Labute approximate surface area is 125 Å². The van der Waals surface area contributed by atoms with Crippen LogP contribution < -0.4 is 10.1 Å². The summed E-state index contributed by atoms with van der Waals surface area (Å²) in [6.07, 6.45) is 0.670. The largest absolute Gasteiger partial charge is 0.483 e. The molecule has 0 aromatic heterocycles. The zero-order valence-electron chi connectivity index (χ0n) is 12.8. The van der Waals surface area contributed by atoms with Crippen molar-refractivity contribution < 1.29 is 19.4 Å². The van der Waals surface area contributed by atoms with Gasteiger partial charge in [0.25, 0.3) is 5.91 Å². The van der Waals surface area contributed by atoms with Crippen LogP contribution in [0.15, 0.2) is 18.2 Å². The molecule has 0 aliphatic heterocycles. The lowest BCUT2D eigenvalue weighted by Gasteiger charge is -2.13. The number of carbonyl (C=O) groups excluding carboxylic acids is 1. The average Bonchev–Trinajstić information content (AvgIpc) is 2.44. The minimum absolute atomic E-state index is 0.0318. The van der Waals surface area contributed by atoms with Crippen LogP contribution in [-0.4, -0.2) is 30.1 Å². The summed E-state index contributed by atoms with van der Waals surface area (Å²) in [6, 6.07) is 5.72. The van der Waals surface area contributed by atoms with Crippen LogP contribution in [0.1, 0.15) is 30.9 Å². The van der Waals surface area contributed by atoms with E-state index in [0.29, 0.717) is 18.7 Å². The summed E-state index contributed by atoms with van der Waals surface area (Å²) in [7, 11) is 0. The molecule has 1 unspecified atom stereocenters. The van der Waals surface area contributed by atoms with Gasteiger partial charge in [-0.1, -0.05) is 19.1 Å². The van der Waals surface area contributed by atoms with Crippen molar-refractivity contribution in [3.05, 3.63) is 29.3 Å². The third kappa shape index (κ3) is 6.29. The van der Waals surface area contributed by atoms with Gasteiger partial charge in [0.2, 0.25) is 0 Å². The van der Waals surface area contributed by atoms with Crippen molar-refractivity contribution in [3.63, 3.8) is 0 Å². The standard InChI is InChI=1S/C16H23NO4/c1-11(7-8-16(19)20)9-17-15(18)10-21-14-6-4-5-12(2)13(14)3/h4-6,11H,7-10H2,1-3H3,(H,17,18)(H,19,20). The quantitative estimate of drug-likeness (QED) is 0.771. The van der Waals surface area contributed by atoms with Crippen molar-refractivity contribution in [1.29, 1.82) is 0 Å². The second-order valence-corrected chi connectivity index (χ2v) is 5.33. The molecule has 1 rings (SSSR count). The summed E-state index contributed by atoms with van der Waals surface area (Å²) in [4.78, 5) is 22.2. The average molecular weight is 293 g/mol. The van der Waals surface area contributed by atoms with Crippen LogP contribution >= 0.6 is 0 Å². The normalized spacial score (nSPS) is 11.8. The summed E-state index contributed by atoms with van der Waals surface area (Å²) in [5.41, 5.74) is 2.15. The maximum atomic E-state index is 11.7. The molecule has 1 atom stereocenters. The van der Waals surface area contributed by atoms with E-state index in [1.807, 2.05) is 39.0 Å². The fraction of sp³-hybridized carbons (Fsp3) is 0.500. The molecule has 0 bridgehead atoms. The number of ether oxygens (including phenoxy) is 1. The van der Waals surface area contributed by atoms with Crippen molar-refractivity contribution in [2.45, 2.75) is 33.6 Å². The summed E-state index contributed by atoms with van der Waals surface area (Å²) in [5, 5.41) is 11.3. The number of amides is 1.